The van der Waals surface area contributed by atoms with Crippen molar-refractivity contribution in [1.29, 1.82) is 0 Å². The van der Waals surface area contributed by atoms with Crippen LogP contribution in [0.3, 0.4) is 0 Å². The summed E-state index contributed by atoms with van der Waals surface area (Å²) < 4.78 is 40.5. The van der Waals surface area contributed by atoms with Crippen LogP contribution in [0.15, 0.2) is 17.0 Å². The molecule has 0 N–H and O–H groups in total. The van der Waals surface area contributed by atoms with E-state index in [0.29, 0.717) is 30.5 Å². The third-order valence-corrected chi connectivity index (χ3v) is 5.28. The van der Waals surface area contributed by atoms with Gasteiger partial charge < -0.3 is 4.90 Å². The number of likely N-dealkylation sites (tertiary alicyclic amines) is 1. The minimum atomic E-state index is -4.58. The maximum Gasteiger partial charge on any atom is 0.522 e. The number of Topliss-reactive ketones (excluding diaryl/α,β-unsaturated/α-hetero) is 1. The van der Waals surface area contributed by atoms with Gasteiger partial charge in [0.1, 0.15) is 5.78 Å². The zero-order chi connectivity index (χ0) is 17.5. The molecule has 2 unspecified atom stereocenters. The molecule has 0 bridgehead atoms. The molecule has 2 aliphatic carbocycles. The SMILES string of the molecule is C=NN(/C=C(\C)N1CC2CC(=O)CC2C1)[C@H]1C[C@@H](OC(F)(F)F)C1. The van der Waals surface area contributed by atoms with E-state index in [1.807, 2.05) is 13.1 Å². The number of fused-ring (bicyclic) bond motifs is 1. The first kappa shape index (κ1) is 17.3. The zero-order valence-corrected chi connectivity index (χ0v) is 13.6. The predicted octanol–water partition coefficient (Wildman–Crippen LogP) is 2.74. The Morgan fingerprint density at radius 2 is 1.92 bits per heavy atom. The maximum absolute atomic E-state index is 12.2. The number of carbonyl (C=O) groups excluding carboxylic acids is 1. The molecule has 0 spiro atoms. The summed E-state index contributed by atoms with van der Waals surface area (Å²) in [6.45, 7) is 7.19. The molecular formula is C16H22F3N3O2. The van der Waals surface area contributed by atoms with Crippen molar-refractivity contribution in [2.24, 2.45) is 16.9 Å². The molecule has 2 atom stereocenters. The fourth-order valence-corrected chi connectivity index (χ4v) is 3.93. The monoisotopic (exact) mass is 345 g/mol. The molecule has 1 saturated heterocycles. The number of allylic oxidation sites excluding steroid dienone is 1. The van der Waals surface area contributed by atoms with Crippen molar-refractivity contribution in [3.63, 3.8) is 0 Å². The highest BCUT2D eigenvalue weighted by Gasteiger charge is 2.43. The van der Waals surface area contributed by atoms with E-state index < -0.39 is 12.5 Å². The lowest BCUT2D eigenvalue weighted by Crippen LogP contribution is -2.46. The highest BCUT2D eigenvalue weighted by atomic mass is 19.4. The number of hydrazone groups is 1. The van der Waals surface area contributed by atoms with E-state index in [2.05, 4.69) is 21.5 Å². The number of nitrogens with zero attached hydrogens (tertiary/aromatic N) is 3. The van der Waals surface area contributed by atoms with Crippen molar-refractivity contribution >= 4 is 12.5 Å². The average Bonchev–Trinajstić information content (AvgIpc) is 2.96. The van der Waals surface area contributed by atoms with Gasteiger partial charge in [-0.25, -0.2) is 0 Å². The van der Waals surface area contributed by atoms with Crippen LogP contribution in [0.5, 0.6) is 0 Å². The molecule has 8 heteroatoms. The Kier molecular flexibility index (Phi) is 4.59. The fourth-order valence-electron chi connectivity index (χ4n) is 3.93. The number of halogens is 3. The molecule has 1 heterocycles. The topological polar surface area (TPSA) is 45.1 Å². The van der Waals surface area contributed by atoms with E-state index in [4.69, 9.17) is 0 Å². The summed E-state index contributed by atoms with van der Waals surface area (Å²) in [4.78, 5) is 13.7. The van der Waals surface area contributed by atoms with E-state index in [9.17, 15) is 18.0 Å². The van der Waals surface area contributed by atoms with E-state index in [-0.39, 0.29) is 18.9 Å². The summed E-state index contributed by atoms with van der Waals surface area (Å²) in [7, 11) is 0. The number of hydrogen-bond acceptors (Lipinski definition) is 5. The van der Waals surface area contributed by atoms with E-state index in [1.165, 1.54) is 0 Å². The molecule has 0 aromatic carbocycles. The van der Waals surface area contributed by atoms with Gasteiger partial charge in [-0.3, -0.25) is 14.5 Å². The van der Waals surface area contributed by atoms with Crippen molar-refractivity contribution in [3.05, 3.63) is 11.9 Å². The van der Waals surface area contributed by atoms with Crippen LogP contribution in [0.2, 0.25) is 0 Å². The highest BCUT2D eigenvalue weighted by Crippen LogP contribution is 2.38. The first-order chi connectivity index (χ1) is 11.2. The van der Waals surface area contributed by atoms with Gasteiger partial charge in [0.05, 0.1) is 12.1 Å². The Bertz CT molecular complexity index is 527. The second-order valence-electron chi connectivity index (χ2n) is 6.97. The minimum absolute atomic E-state index is 0.117. The van der Waals surface area contributed by atoms with Crippen LogP contribution in [0.25, 0.3) is 0 Å². The van der Waals surface area contributed by atoms with Crippen molar-refractivity contribution in [2.75, 3.05) is 13.1 Å². The number of carbonyl (C=O) groups is 1. The molecule has 2 saturated carbocycles. The van der Waals surface area contributed by atoms with Crippen LogP contribution >= 0.6 is 0 Å². The van der Waals surface area contributed by atoms with Crippen LogP contribution in [0.1, 0.15) is 32.6 Å². The zero-order valence-electron chi connectivity index (χ0n) is 13.6. The van der Waals surface area contributed by atoms with Crippen molar-refractivity contribution < 1.29 is 22.7 Å². The van der Waals surface area contributed by atoms with Crippen molar-refractivity contribution in [1.82, 2.24) is 9.91 Å². The molecular weight excluding hydrogens is 323 g/mol. The van der Waals surface area contributed by atoms with Gasteiger partial charge in [0.2, 0.25) is 0 Å². The van der Waals surface area contributed by atoms with Gasteiger partial charge in [0.15, 0.2) is 0 Å². The number of rotatable bonds is 5. The molecule has 134 valence electrons. The summed E-state index contributed by atoms with van der Waals surface area (Å²) >= 11 is 0. The van der Waals surface area contributed by atoms with Crippen LogP contribution in [0.4, 0.5) is 13.2 Å². The normalized spacial score (nSPS) is 33.4. The van der Waals surface area contributed by atoms with Crippen LogP contribution in [-0.2, 0) is 9.53 Å². The predicted molar refractivity (Wildman–Crippen MR) is 81.9 cm³/mol. The Morgan fingerprint density at radius 1 is 1.33 bits per heavy atom. The van der Waals surface area contributed by atoms with Crippen molar-refractivity contribution in [2.45, 2.75) is 51.1 Å². The van der Waals surface area contributed by atoms with Gasteiger partial charge in [-0.05, 0) is 31.6 Å². The van der Waals surface area contributed by atoms with Gasteiger partial charge in [0, 0.05) is 44.5 Å². The standard InChI is InChI=1S/C16H22F3N3O2/c1-10(21-8-11-3-14(23)4-12(11)9-21)7-22(20-2)13-5-15(6-13)24-16(17,18)19/h7,11-13,15H,2-6,8-9H2,1H3/b10-7+/t11?,12?,13-,15+. The fraction of sp³-hybridized carbons (Fsp3) is 0.750. The molecule has 0 aromatic heterocycles. The average molecular weight is 345 g/mol. The quantitative estimate of drug-likeness (QED) is 0.568. The van der Waals surface area contributed by atoms with E-state index in [0.717, 1.165) is 18.8 Å². The number of alkyl halides is 3. The van der Waals surface area contributed by atoms with Gasteiger partial charge in [-0.1, -0.05) is 0 Å². The summed E-state index contributed by atoms with van der Waals surface area (Å²) in [5.74, 6) is 1.21. The minimum Gasteiger partial charge on any atom is -0.373 e. The second-order valence-corrected chi connectivity index (χ2v) is 6.97. The van der Waals surface area contributed by atoms with Crippen LogP contribution < -0.4 is 0 Å². The molecule has 1 aliphatic heterocycles. The van der Waals surface area contributed by atoms with E-state index in [1.54, 1.807) is 5.01 Å². The number of ether oxygens (including phenoxy) is 1. The van der Waals surface area contributed by atoms with E-state index >= 15 is 0 Å². The maximum atomic E-state index is 12.2. The molecule has 0 radical (unpaired) electrons. The summed E-state index contributed by atoms with van der Waals surface area (Å²) in [6, 6.07) is -0.117. The van der Waals surface area contributed by atoms with Crippen LogP contribution in [-0.4, -0.2) is 54.0 Å². The largest absolute Gasteiger partial charge is 0.522 e. The summed E-state index contributed by atoms with van der Waals surface area (Å²) in [5, 5.41) is 5.56. The van der Waals surface area contributed by atoms with Gasteiger partial charge in [-0.2, -0.15) is 5.10 Å². The van der Waals surface area contributed by atoms with Crippen LogP contribution in [0, 0.1) is 11.8 Å². The number of hydrogen-bond donors (Lipinski definition) is 0. The van der Waals surface area contributed by atoms with Gasteiger partial charge in [0.25, 0.3) is 0 Å². The summed E-state index contributed by atoms with van der Waals surface area (Å²) in [6.07, 6.45) is -1.66. The third-order valence-electron chi connectivity index (χ3n) is 5.28. The molecule has 3 aliphatic rings. The molecule has 3 fully saturated rings. The lowest BCUT2D eigenvalue weighted by Gasteiger charge is -2.40. The van der Waals surface area contributed by atoms with Crippen molar-refractivity contribution in [3.8, 4) is 0 Å². The first-order valence-electron chi connectivity index (χ1n) is 8.19. The molecule has 5 nitrogen and oxygen atoms in total. The second kappa shape index (κ2) is 6.38. The molecule has 3 rings (SSSR count). The first-order valence-corrected chi connectivity index (χ1v) is 8.19. The Labute approximate surface area is 139 Å². The lowest BCUT2D eigenvalue weighted by atomic mass is 9.89. The molecule has 0 aromatic rings. The molecule has 24 heavy (non-hydrogen) atoms. The Balaban J connectivity index is 1.53. The van der Waals surface area contributed by atoms with Gasteiger partial charge >= 0.3 is 6.36 Å². The summed E-state index contributed by atoms with van der Waals surface area (Å²) in [5.41, 5.74) is 1.00. The lowest BCUT2D eigenvalue weighted by molar-refractivity contribution is -0.353. The van der Waals surface area contributed by atoms with Gasteiger partial charge in [-0.15, -0.1) is 13.2 Å². The third kappa shape index (κ3) is 3.74. The Morgan fingerprint density at radius 3 is 2.42 bits per heavy atom. The number of ketones is 1. The Hall–Kier alpha value is -1.57. The highest BCUT2D eigenvalue weighted by molar-refractivity contribution is 5.81. The smallest absolute Gasteiger partial charge is 0.373 e. The molecule has 0 amide bonds.